The highest BCUT2D eigenvalue weighted by Gasteiger charge is 2.36. The van der Waals surface area contributed by atoms with E-state index in [1.54, 1.807) is 6.92 Å². The van der Waals surface area contributed by atoms with E-state index < -0.39 is 50.5 Å². The molecule has 0 saturated heterocycles. The van der Waals surface area contributed by atoms with Gasteiger partial charge in [-0.05, 0) is 37.5 Å². The van der Waals surface area contributed by atoms with Gasteiger partial charge in [0.2, 0.25) is 0 Å². The third kappa shape index (κ3) is 7.03. The number of benzene rings is 1. The summed E-state index contributed by atoms with van der Waals surface area (Å²) in [5, 5.41) is 10.4. The largest absolute Gasteiger partial charge is 0.380 e. The fourth-order valence-corrected chi connectivity index (χ4v) is 3.96. The van der Waals surface area contributed by atoms with Crippen LogP contribution in [0, 0.1) is 30.0 Å². The highest BCUT2D eigenvalue weighted by atomic mass is 32.2. The lowest BCUT2D eigenvalue weighted by molar-refractivity contribution is -0.142. The van der Waals surface area contributed by atoms with Crippen LogP contribution in [-0.2, 0) is 19.1 Å². The van der Waals surface area contributed by atoms with Crippen LogP contribution in [0.5, 0.6) is 0 Å². The molecular formula is C21H27FO6S. The lowest BCUT2D eigenvalue weighted by Gasteiger charge is -2.25. The number of hydrogen-bond acceptors (Lipinski definition) is 6. The van der Waals surface area contributed by atoms with Gasteiger partial charge in [0.1, 0.15) is 22.9 Å². The number of aliphatic hydroxyl groups is 1. The van der Waals surface area contributed by atoms with Crippen molar-refractivity contribution in [3.63, 3.8) is 0 Å². The molecule has 0 saturated carbocycles. The molecule has 0 heterocycles. The van der Waals surface area contributed by atoms with Crippen LogP contribution in [-0.4, -0.2) is 37.3 Å². The Kier molecular flexibility index (Phi) is 8.69. The first-order valence-corrected chi connectivity index (χ1v) is 10.6. The van der Waals surface area contributed by atoms with Gasteiger partial charge in [0, 0.05) is 24.3 Å². The van der Waals surface area contributed by atoms with Gasteiger partial charge in [-0.3, -0.25) is 13.8 Å². The lowest BCUT2D eigenvalue weighted by atomic mass is 9.87. The molecule has 0 unspecified atom stereocenters. The molecule has 8 heteroatoms. The van der Waals surface area contributed by atoms with Gasteiger partial charge in [-0.15, -0.1) is 12.3 Å². The minimum atomic E-state index is -4.66. The normalized spacial score (nSPS) is 14.8. The van der Waals surface area contributed by atoms with E-state index >= 15 is 0 Å². The van der Waals surface area contributed by atoms with E-state index in [1.165, 1.54) is 0 Å². The van der Waals surface area contributed by atoms with E-state index in [4.69, 9.17) is 10.6 Å². The maximum Gasteiger partial charge on any atom is 0.300 e. The minimum Gasteiger partial charge on any atom is -0.380 e. The molecule has 0 aliphatic rings. The zero-order valence-electron chi connectivity index (χ0n) is 17.1. The van der Waals surface area contributed by atoms with E-state index in [0.29, 0.717) is 6.42 Å². The number of carbonyl (C=O) groups excluding carboxylic acids is 2. The Hall–Kier alpha value is -2.08. The van der Waals surface area contributed by atoms with Gasteiger partial charge in [-0.25, -0.2) is 4.39 Å². The van der Waals surface area contributed by atoms with E-state index in [1.807, 2.05) is 13.8 Å². The zero-order valence-corrected chi connectivity index (χ0v) is 17.9. The number of Topliss-reactive ketones (excluding diaryl/α,β-unsaturated/α-hetero) is 2. The Bertz CT molecular complexity index is 896. The molecule has 0 bridgehead atoms. The Morgan fingerprint density at radius 2 is 1.93 bits per heavy atom. The summed E-state index contributed by atoms with van der Waals surface area (Å²) in [6.45, 7) is 5.75. The average Bonchev–Trinajstić information content (AvgIpc) is 2.63. The van der Waals surface area contributed by atoms with E-state index in [9.17, 15) is 27.5 Å². The molecule has 0 radical (unpaired) electrons. The zero-order chi connectivity index (χ0) is 22.4. The molecule has 0 aliphatic carbocycles. The number of halogens is 1. The summed E-state index contributed by atoms with van der Waals surface area (Å²) < 4.78 is 43.7. The molecule has 1 aromatic rings. The molecule has 1 rings (SSSR count). The molecule has 0 fully saturated rings. The van der Waals surface area contributed by atoms with E-state index in [2.05, 4.69) is 5.92 Å². The third-order valence-electron chi connectivity index (χ3n) is 4.32. The van der Waals surface area contributed by atoms with Crippen molar-refractivity contribution in [3.05, 3.63) is 29.6 Å². The number of hydrogen-bond donors (Lipinski definition) is 1. The van der Waals surface area contributed by atoms with Crippen molar-refractivity contribution in [2.45, 2.75) is 57.5 Å². The van der Waals surface area contributed by atoms with Crippen LogP contribution in [0.2, 0.25) is 0 Å². The van der Waals surface area contributed by atoms with Gasteiger partial charge in [0.15, 0.2) is 11.6 Å². The van der Waals surface area contributed by atoms with Gasteiger partial charge in [-0.1, -0.05) is 20.8 Å². The van der Waals surface area contributed by atoms with Crippen molar-refractivity contribution >= 4 is 21.7 Å². The maximum atomic E-state index is 14.1. The summed E-state index contributed by atoms with van der Waals surface area (Å²) in [6.07, 6.45) is 5.76. The fourth-order valence-electron chi connectivity index (χ4n) is 2.87. The molecule has 0 aliphatic heterocycles. The SMILES string of the molecule is C#CCCC(=O)c1ccc(F)c(S(=O)(=O)OC[C@@](C)(O)C(=O)[C@@H](C)CC(C)C)c1. The molecule has 0 spiro atoms. The van der Waals surface area contributed by atoms with Crippen molar-refractivity contribution in [1.82, 2.24) is 0 Å². The topological polar surface area (TPSA) is 97.7 Å². The predicted molar refractivity (Wildman–Crippen MR) is 106 cm³/mol. The molecule has 0 aromatic heterocycles. The quantitative estimate of drug-likeness (QED) is 0.332. The Morgan fingerprint density at radius 3 is 2.48 bits per heavy atom. The van der Waals surface area contributed by atoms with Crippen molar-refractivity contribution in [2.24, 2.45) is 11.8 Å². The van der Waals surface area contributed by atoms with Gasteiger partial charge >= 0.3 is 0 Å². The Balaban J connectivity index is 3.01. The van der Waals surface area contributed by atoms with Gasteiger partial charge in [0.05, 0.1) is 0 Å². The Morgan fingerprint density at radius 1 is 1.31 bits per heavy atom. The first-order chi connectivity index (χ1) is 13.3. The first kappa shape index (κ1) is 25.0. The van der Waals surface area contributed by atoms with Crippen LogP contribution in [0.25, 0.3) is 0 Å². The second-order valence-corrected chi connectivity index (χ2v) is 9.24. The first-order valence-electron chi connectivity index (χ1n) is 9.24. The van der Waals surface area contributed by atoms with E-state index in [0.717, 1.165) is 25.1 Å². The maximum absolute atomic E-state index is 14.1. The van der Waals surface area contributed by atoms with Crippen molar-refractivity contribution in [3.8, 4) is 12.3 Å². The smallest absolute Gasteiger partial charge is 0.300 e. The van der Waals surface area contributed by atoms with E-state index in [-0.39, 0.29) is 24.3 Å². The fraction of sp³-hybridized carbons (Fsp3) is 0.524. The third-order valence-corrected chi connectivity index (χ3v) is 5.60. The van der Waals surface area contributed by atoms with Crippen LogP contribution in [0.3, 0.4) is 0 Å². The molecule has 6 nitrogen and oxygen atoms in total. The Labute approximate surface area is 171 Å². The van der Waals surface area contributed by atoms with Crippen LogP contribution < -0.4 is 0 Å². The molecule has 1 N–H and O–H groups in total. The summed E-state index contributed by atoms with van der Waals surface area (Å²) >= 11 is 0. The summed E-state index contributed by atoms with van der Waals surface area (Å²) in [5.74, 6) is -0.131. The second kappa shape index (κ2) is 10.1. The predicted octanol–water partition coefficient (Wildman–Crippen LogP) is 3.13. The minimum absolute atomic E-state index is 0.0145. The number of rotatable bonds is 11. The lowest BCUT2D eigenvalue weighted by Crippen LogP contribution is -2.44. The van der Waals surface area contributed by atoms with Crippen LogP contribution in [0.1, 0.15) is 57.3 Å². The summed E-state index contributed by atoms with van der Waals surface area (Å²) in [5.41, 5.74) is -2.10. The standard InChI is InChI=1S/C21H27FO6S/c1-6-7-8-18(23)16-9-10-17(22)19(12-16)29(26,27)28-13-21(5,25)20(24)15(4)11-14(2)3/h1,9-10,12,14-15,25H,7-8,11,13H2,2-5H3/t15-,21+/m0/s1. The van der Waals surface area contributed by atoms with Crippen molar-refractivity contribution in [1.29, 1.82) is 0 Å². The number of ketones is 2. The average molecular weight is 427 g/mol. The van der Waals surface area contributed by atoms with Crippen LogP contribution in [0.15, 0.2) is 23.1 Å². The molecule has 0 amide bonds. The number of carbonyl (C=O) groups is 2. The summed E-state index contributed by atoms with van der Waals surface area (Å²) in [7, 11) is -4.66. The van der Waals surface area contributed by atoms with Gasteiger partial charge in [0.25, 0.3) is 10.1 Å². The van der Waals surface area contributed by atoms with Gasteiger partial charge < -0.3 is 5.11 Å². The molecule has 2 atom stereocenters. The summed E-state index contributed by atoms with van der Waals surface area (Å²) in [6, 6.07) is 2.86. The molecule has 29 heavy (non-hydrogen) atoms. The van der Waals surface area contributed by atoms with Crippen molar-refractivity contribution in [2.75, 3.05) is 6.61 Å². The van der Waals surface area contributed by atoms with Gasteiger partial charge in [-0.2, -0.15) is 8.42 Å². The molecule has 1 aromatic carbocycles. The van der Waals surface area contributed by atoms with Crippen LogP contribution >= 0.6 is 0 Å². The summed E-state index contributed by atoms with van der Waals surface area (Å²) in [4.78, 5) is 23.6. The molecule has 160 valence electrons. The highest BCUT2D eigenvalue weighted by Crippen LogP contribution is 2.24. The second-order valence-electron chi connectivity index (χ2n) is 7.66. The number of terminal acetylenes is 1. The van der Waals surface area contributed by atoms with Crippen LogP contribution in [0.4, 0.5) is 4.39 Å². The molecular weight excluding hydrogens is 399 g/mol. The highest BCUT2D eigenvalue weighted by molar-refractivity contribution is 7.86. The van der Waals surface area contributed by atoms with Crippen molar-refractivity contribution < 1.29 is 31.7 Å². The monoisotopic (exact) mass is 426 g/mol.